The van der Waals surface area contributed by atoms with Gasteiger partial charge in [-0.2, -0.15) is 0 Å². The number of aliphatic hydroxyl groups excluding tert-OH is 5. The van der Waals surface area contributed by atoms with E-state index in [0.29, 0.717) is 10.5 Å². The molecular formula is C31H45N4O12+. The molecule has 3 heterocycles. The Kier molecular flexibility index (Phi) is 12.7. The third kappa shape index (κ3) is 8.46. The molecule has 9 atom stereocenters. The number of guanidine groups is 1. The van der Waals surface area contributed by atoms with Gasteiger partial charge in [-0.15, -0.1) is 6.58 Å². The van der Waals surface area contributed by atoms with Gasteiger partial charge in [-0.1, -0.05) is 18.2 Å². The maximum Gasteiger partial charge on any atom is 0.343 e. The third-order valence-corrected chi connectivity index (χ3v) is 8.64. The first kappa shape index (κ1) is 36.2. The van der Waals surface area contributed by atoms with Crippen LogP contribution in [0.5, 0.6) is 0 Å². The summed E-state index contributed by atoms with van der Waals surface area (Å²) in [5.74, 6) is -3.54. The Morgan fingerprint density at radius 3 is 2.51 bits per heavy atom. The molecule has 1 saturated heterocycles. The van der Waals surface area contributed by atoms with Crippen LogP contribution >= 0.6 is 0 Å². The highest BCUT2D eigenvalue weighted by Gasteiger charge is 2.47. The van der Waals surface area contributed by atoms with Gasteiger partial charge in [0, 0.05) is 18.5 Å². The minimum absolute atomic E-state index is 0.0348. The maximum absolute atomic E-state index is 13.5. The fourth-order valence-electron chi connectivity index (χ4n) is 6.02. The number of carboxylic acid groups (broad SMARTS) is 1. The van der Waals surface area contributed by atoms with Crippen LogP contribution in [-0.2, 0) is 28.5 Å². The molecule has 0 radical (unpaired) electrons. The molecule has 1 aliphatic carbocycles. The largest absolute Gasteiger partial charge is 0.477 e. The van der Waals surface area contributed by atoms with Crippen LogP contribution in [0, 0.1) is 11.8 Å². The molecule has 16 nitrogen and oxygen atoms in total. The Morgan fingerprint density at radius 2 is 1.89 bits per heavy atom. The van der Waals surface area contributed by atoms with Crippen LogP contribution in [0.3, 0.4) is 0 Å². The predicted octanol–water partition coefficient (Wildman–Crippen LogP) is -2.85. The molecule has 0 amide bonds. The van der Waals surface area contributed by atoms with Crippen molar-refractivity contribution in [2.45, 2.75) is 68.8 Å². The Hall–Kier alpha value is -3.61. The Morgan fingerprint density at radius 1 is 1.17 bits per heavy atom. The van der Waals surface area contributed by atoms with E-state index < -0.39 is 67.4 Å². The van der Waals surface area contributed by atoms with E-state index in [1.807, 2.05) is 0 Å². The maximum atomic E-state index is 13.5. The van der Waals surface area contributed by atoms with Gasteiger partial charge in [0.25, 0.3) is 0 Å². The van der Waals surface area contributed by atoms with E-state index in [9.17, 15) is 40.2 Å². The molecule has 1 saturated carbocycles. The summed E-state index contributed by atoms with van der Waals surface area (Å²) >= 11 is 0. The molecule has 0 spiro atoms. The predicted molar refractivity (Wildman–Crippen MR) is 164 cm³/mol. The number of hydrogen-bond donors (Lipinski definition) is 9. The molecule has 0 bridgehead atoms. The number of nitrogens with zero attached hydrogens (tertiary/aromatic N) is 1. The fraction of sp³-hybridized carbons (Fsp3) is 0.581. The second-order valence-corrected chi connectivity index (χ2v) is 11.7. The summed E-state index contributed by atoms with van der Waals surface area (Å²) in [6, 6.07) is 0. The first-order chi connectivity index (χ1) is 22.5. The standard InChI is InChI=1S/C31H44N4O12/c1-3-18-19(9-8-16-12-35(10-11-36)13-20(27(41)42)23(16)34-31(32)33-2)21(28(43)45-17-6-4-5-7-17)15-44-29(18)47-30-26(40)25(39)24(38)22(14-37)46-30/h3,8-9,13,15,17-19,22,24-26,29-30,36-40H,1,4-7,10-12,14H2,2H3,(H,41,42)(H3,32,33,34)/p+1/b9-8+/t18-,19+,22-,24-,25+,26-,29+,30+/m1/s1. The van der Waals surface area contributed by atoms with E-state index in [0.717, 1.165) is 25.7 Å². The summed E-state index contributed by atoms with van der Waals surface area (Å²) in [6.45, 7) is 3.50. The van der Waals surface area contributed by atoms with E-state index in [2.05, 4.69) is 16.9 Å². The second-order valence-electron chi connectivity index (χ2n) is 11.7. The molecule has 1 unspecified atom stereocenters. The van der Waals surface area contributed by atoms with Gasteiger partial charge >= 0.3 is 11.9 Å². The first-order valence-electron chi connectivity index (χ1n) is 15.5. The minimum atomic E-state index is -1.71. The number of ether oxygens (including phenoxy) is 4. The number of quaternary nitrogens is 1. The third-order valence-electron chi connectivity index (χ3n) is 8.64. The number of allylic oxidation sites excluding steroid dienone is 1. The van der Waals surface area contributed by atoms with Crippen molar-refractivity contribution in [1.82, 2.24) is 5.32 Å². The number of aliphatic carboxylic acids is 1. The number of hydrogen-bond acceptors (Lipinski definition) is 12. The summed E-state index contributed by atoms with van der Waals surface area (Å²) < 4.78 is 23.0. The van der Waals surface area contributed by atoms with E-state index in [1.54, 1.807) is 12.2 Å². The van der Waals surface area contributed by atoms with Crippen molar-refractivity contribution in [3.8, 4) is 0 Å². The fourth-order valence-corrected chi connectivity index (χ4v) is 6.02. The van der Waals surface area contributed by atoms with Crippen LogP contribution in [0.2, 0.25) is 0 Å². The Labute approximate surface area is 271 Å². The number of carboxylic acids is 1. The number of carbonyl (C=O) groups excluding carboxylic acids is 1. The molecule has 0 aromatic rings. The topological polar surface area (TPSA) is 247 Å². The summed E-state index contributed by atoms with van der Waals surface area (Å²) in [7, 11) is 1.44. The molecule has 4 aliphatic rings. The lowest BCUT2D eigenvalue weighted by molar-refractivity contribution is -0.843. The van der Waals surface area contributed by atoms with Gasteiger partial charge in [-0.05, 0) is 25.7 Å². The van der Waals surface area contributed by atoms with Crippen molar-refractivity contribution in [2.24, 2.45) is 22.6 Å². The van der Waals surface area contributed by atoms with Gasteiger partial charge in [-0.3, -0.25) is 4.99 Å². The quantitative estimate of drug-likeness (QED) is 0.0441. The smallest absolute Gasteiger partial charge is 0.343 e. The number of nitrogens with one attached hydrogen (secondary N) is 2. The normalized spacial score (nSPS) is 33.7. The number of carbonyl (C=O) groups is 2. The van der Waals surface area contributed by atoms with Gasteiger partial charge in [0.15, 0.2) is 12.2 Å². The van der Waals surface area contributed by atoms with Gasteiger partial charge in [0.2, 0.25) is 6.29 Å². The lowest BCUT2D eigenvalue weighted by Crippen LogP contribution is -3.09. The summed E-state index contributed by atoms with van der Waals surface area (Å²) in [5, 5.41) is 63.1. The lowest BCUT2D eigenvalue weighted by atomic mass is 9.83. The van der Waals surface area contributed by atoms with Gasteiger partial charge in [0.1, 0.15) is 55.4 Å². The molecular weight excluding hydrogens is 620 g/mol. The zero-order chi connectivity index (χ0) is 34.2. The zero-order valence-electron chi connectivity index (χ0n) is 26.1. The summed E-state index contributed by atoms with van der Waals surface area (Å²) in [5.41, 5.74) is 6.59. The number of aliphatic hydroxyl groups is 5. The molecule has 0 aromatic carbocycles. The molecule has 260 valence electrons. The molecule has 10 N–H and O–H groups in total. The van der Waals surface area contributed by atoms with Gasteiger partial charge in [0.05, 0.1) is 36.7 Å². The lowest BCUT2D eigenvalue weighted by Gasteiger charge is -2.42. The summed E-state index contributed by atoms with van der Waals surface area (Å²) in [4.78, 5) is 30.3. The van der Waals surface area contributed by atoms with Crippen LogP contribution in [0.1, 0.15) is 25.7 Å². The first-order valence-corrected chi connectivity index (χ1v) is 15.5. The van der Waals surface area contributed by atoms with Crippen molar-refractivity contribution < 1.29 is 64.1 Å². The monoisotopic (exact) mass is 665 g/mol. The second kappa shape index (κ2) is 16.5. The molecule has 2 fully saturated rings. The SMILES string of the molecule is C=C[C@H]1[C@H](O[C@@H]2O[C@H](CO)[C@@H](O)[C@H](O)[C@H]2O)OC=C(C(=O)OC2CCCC2)[C@H]1/C=C/C1=C(NC(N)=NC)C(C(=O)O)=C[NH+](CCO)C1. The molecule has 3 aliphatic heterocycles. The number of nitrogens with two attached hydrogens (primary N) is 1. The van der Waals surface area contributed by atoms with Crippen molar-refractivity contribution in [2.75, 3.05) is 33.4 Å². The van der Waals surface area contributed by atoms with E-state index in [4.69, 9.17) is 24.7 Å². The van der Waals surface area contributed by atoms with Crippen molar-refractivity contribution in [3.05, 3.63) is 59.7 Å². The van der Waals surface area contributed by atoms with Crippen LogP contribution in [0.4, 0.5) is 0 Å². The van der Waals surface area contributed by atoms with Crippen molar-refractivity contribution in [1.29, 1.82) is 0 Å². The highest BCUT2D eigenvalue weighted by Crippen LogP contribution is 2.37. The Balaban J connectivity index is 1.72. The average molecular weight is 666 g/mol. The highest BCUT2D eigenvalue weighted by molar-refractivity contribution is 5.94. The molecule has 16 heteroatoms. The van der Waals surface area contributed by atoms with Crippen molar-refractivity contribution >= 4 is 17.9 Å². The van der Waals surface area contributed by atoms with Crippen LogP contribution in [0.25, 0.3) is 0 Å². The highest BCUT2D eigenvalue weighted by atomic mass is 16.8. The van der Waals surface area contributed by atoms with Crippen LogP contribution in [-0.4, -0.2) is 125 Å². The van der Waals surface area contributed by atoms with E-state index in [1.165, 1.54) is 25.6 Å². The van der Waals surface area contributed by atoms with Crippen LogP contribution < -0.4 is 16.0 Å². The number of aliphatic imine (C=N–C) groups is 1. The molecule has 4 rings (SSSR count). The zero-order valence-corrected chi connectivity index (χ0v) is 26.1. The summed E-state index contributed by atoms with van der Waals surface area (Å²) in [6.07, 6.45) is 1.48. The van der Waals surface area contributed by atoms with Crippen LogP contribution in [0.15, 0.2) is 64.7 Å². The van der Waals surface area contributed by atoms with E-state index in [-0.39, 0.29) is 48.6 Å². The minimum Gasteiger partial charge on any atom is -0.477 e. The average Bonchev–Trinajstić information content (AvgIpc) is 3.57. The van der Waals surface area contributed by atoms with Gasteiger partial charge < -0.3 is 65.5 Å². The van der Waals surface area contributed by atoms with E-state index >= 15 is 0 Å². The number of rotatable bonds is 12. The van der Waals surface area contributed by atoms with Crippen molar-refractivity contribution in [3.63, 3.8) is 0 Å². The van der Waals surface area contributed by atoms with Gasteiger partial charge in [-0.25, -0.2) is 9.59 Å². The molecule has 47 heavy (non-hydrogen) atoms. The Bertz CT molecular complexity index is 1300. The number of esters is 1. The molecule has 0 aromatic heterocycles.